The fourth-order valence-electron chi connectivity index (χ4n) is 4.04. The van der Waals surface area contributed by atoms with Crippen LogP contribution in [0.4, 0.5) is 5.69 Å². The molecule has 6 nitrogen and oxygen atoms in total. The highest BCUT2D eigenvalue weighted by Crippen LogP contribution is 2.30. The number of hydrogen-bond donors (Lipinski definition) is 0. The normalized spacial score (nSPS) is 12.7. The first-order valence-electron chi connectivity index (χ1n) is 10.9. The van der Waals surface area contributed by atoms with E-state index in [1.165, 1.54) is 11.6 Å². The summed E-state index contributed by atoms with van der Waals surface area (Å²) in [6.45, 7) is 6.92. The first-order valence-corrected chi connectivity index (χ1v) is 10.9. The molecule has 1 aliphatic rings. The molecule has 3 amide bonds. The van der Waals surface area contributed by atoms with E-state index in [0.717, 1.165) is 16.0 Å². The third-order valence-electron chi connectivity index (χ3n) is 5.79. The minimum absolute atomic E-state index is 0.211. The molecule has 0 unspecified atom stereocenters. The number of imide groups is 1. The smallest absolute Gasteiger partial charge is 0.266 e. The van der Waals surface area contributed by atoms with Crippen LogP contribution in [0.15, 0.2) is 60.7 Å². The number of carbonyl (C=O) groups is 3. The van der Waals surface area contributed by atoms with Crippen LogP contribution < -0.4 is 9.64 Å². The third-order valence-corrected chi connectivity index (χ3v) is 5.79. The van der Waals surface area contributed by atoms with Gasteiger partial charge in [0.15, 0.2) is 0 Å². The maximum atomic E-state index is 13.1. The molecule has 0 atom stereocenters. The number of hydrogen-bond acceptors (Lipinski definition) is 4. The molecule has 0 N–H and O–H groups in total. The number of amides is 3. The summed E-state index contributed by atoms with van der Waals surface area (Å²) in [5.41, 5.74) is 4.72. The first kappa shape index (κ1) is 22.3. The van der Waals surface area contributed by atoms with Gasteiger partial charge in [-0.3, -0.25) is 14.4 Å². The molecule has 0 aliphatic carbocycles. The summed E-state index contributed by atoms with van der Waals surface area (Å²) in [5, 5.41) is 0. The number of fused-ring (bicyclic) bond motifs is 1. The van der Waals surface area contributed by atoms with Crippen LogP contribution in [-0.2, 0) is 6.54 Å². The number of carbonyl (C=O) groups excluding carboxylic acids is 3. The molecule has 0 fully saturated rings. The number of aryl methyl sites for hydroxylation is 2. The van der Waals surface area contributed by atoms with Crippen molar-refractivity contribution in [2.75, 3.05) is 18.6 Å². The van der Waals surface area contributed by atoms with Crippen LogP contribution in [0.2, 0.25) is 0 Å². The molecule has 33 heavy (non-hydrogen) atoms. The fourth-order valence-corrected chi connectivity index (χ4v) is 4.04. The van der Waals surface area contributed by atoms with E-state index in [0.29, 0.717) is 35.7 Å². The van der Waals surface area contributed by atoms with Crippen molar-refractivity contribution >= 4 is 23.4 Å². The minimum Gasteiger partial charge on any atom is -0.494 e. The van der Waals surface area contributed by atoms with Crippen molar-refractivity contribution in [3.8, 4) is 5.75 Å². The Morgan fingerprint density at radius 3 is 2.27 bits per heavy atom. The van der Waals surface area contributed by atoms with Crippen molar-refractivity contribution in [3.05, 3.63) is 94.0 Å². The van der Waals surface area contributed by atoms with Crippen LogP contribution in [0.1, 0.15) is 54.7 Å². The zero-order valence-corrected chi connectivity index (χ0v) is 19.2. The van der Waals surface area contributed by atoms with Gasteiger partial charge in [-0.15, -0.1) is 0 Å². The number of nitrogens with zero attached hydrogens (tertiary/aromatic N) is 2. The van der Waals surface area contributed by atoms with Crippen molar-refractivity contribution in [3.63, 3.8) is 0 Å². The van der Waals surface area contributed by atoms with Crippen LogP contribution in [0.25, 0.3) is 0 Å². The summed E-state index contributed by atoms with van der Waals surface area (Å²) < 4.78 is 5.43. The lowest BCUT2D eigenvalue weighted by atomic mass is 10.0. The van der Waals surface area contributed by atoms with Crippen LogP contribution in [0, 0.1) is 13.8 Å². The van der Waals surface area contributed by atoms with E-state index >= 15 is 0 Å². The molecule has 1 aliphatic heterocycles. The van der Waals surface area contributed by atoms with Crippen molar-refractivity contribution in [2.45, 2.75) is 27.3 Å². The Kier molecular flexibility index (Phi) is 6.01. The Morgan fingerprint density at radius 2 is 1.61 bits per heavy atom. The van der Waals surface area contributed by atoms with Gasteiger partial charge in [0, 0.05) is 19.2 Å². The molecule has 0 radical (unpaired) electrons. The summed E-state index contributed by atoms with van der Waals surface area (Å²) in [7, 11) is 1.73. The summed E-state index contributed by atoms with van der Waals surface area (Å²) in [6.07, 6.45) is 0. The maximum Gasteiger partial charge on any atom is 0.266 e. The lowest BCUT2D eigenvalue weighted by molar-refractivity contribution is 0.0784. The average molecular weight is 443 g/mol. The van der Waals surface area contributed by atoms with Crippen LogP contribution in [0.5, 0.6) is 5.75 Å². The zero-order valence-electron chi connectivity index (χ0n) is 19.2. The first-order chi connectivity index (χ1) is 15.8. The van der Waals surface area contributed by atoms with Gasteiger partial charge in [0.1, 0.15) is 5.75 Å². The number of rotatable bonds is 6. The van der Waals surface area contributed by atoms with Gasteiger partial charge in [0.05, 0.1) is 23.4 Å². The second-order valence-electron chi connectivity index (χ2n) is 8.22. The predicted octanol–water partition coefficient (Wildman–Crippen LogP) is 4.77. The Hall–Kier alpha value is -3.93. The molecule has 4 rings (SSSR count). The molecule has 0 spiro atoms. The topological polar surface area (TPSA) is 66.9 Å². The SMILES string of the molecule is CCOc1ccc(N2C(=O)c3ccc(C(=O)N(C)Cc4ccc(C)cc4C)cc3C2=O)cc1. The monoisotopic (exact) mass is 442 g/mol. The molecule has 0 bridgehead atoms. The number of ether oxygens (including phenoxy) is 1. The lowest BCUT2D eigenvalue weighted by Gasteiger charge is -2.19. The van der Waals surface area contributed by atoms with E-state index in [4.69, 9.17) is 4.74 Å². The van der Waals surface area contributed by atoms with E-state index in [1.54, 1.807) is 48.3 Å². The Morgan fingerprint density at radius 1 is 0.909 bits per heavy atom. The van der Waals surface area contributed by atoms with Crippen molar-refractivity contribution < 1.29 is 19.1 Å². The van der Waals surface area contributed by atoms with Crippen molar-refractivity contribution in [2.24, 2.45) is 0 Å². The van der Waals surface area contributed by atoms with Crippen LogP contribution in [-0.4, -0.2) is 36.3 Å². The molecular weight excluding hydrogens is 416 g/mol. The fraction of sp³-hybridized carbons (Fsp3) is 0.222. The van der Waals surface area contributed by atoms with Crippen molar-refractivity contribution in [1.29, 1.82) is 0 Å². The Labute approximate surface area is 193 Å². The van der Waals surface area contributed by atoms with Gasteiger partial charge in [-0.05, 0) is 74.4 Å². The Balaban J connectivity index is 1.56. The second-order valence-corrected chi connectivity index (χ2v) is 8.22. The summed E-state index contributed by atoms with van der Waals surface area (Å²) in [4.78, 5) is 41.8. The number of benzene rings is 3. The van der Waals surface area contributed by atoms with Crippen molar-refractivity contribution in [1.82, 2.24) is 4.90 Å². The maximum absolute atomic E-state index is 13.1. The molecule has 168 valence electrons. The van der Waals surface area contributed by atoms with E-state index in [9.17, 15) is 14.4 Å². The van der Waals surface area contributed by atoms with E-state index in [1.807, 2.05) is 32.9 Å². The third kappa shape index (κ3) is 4.24. The van der Waals surface area contributed by atoms with Gasteiger partial charge in [0.2, 0.25) is 0 Å². The summed E-state index contributed by atoms with van der Waals surface area (Å²) in [6, 6.07) is 17.6. The largest absolute Gasteiger partial charge is 0.494 e. The Bertz CT molecular complexity index is 1250. The van der Waals surface area contributed by atoms with Gasteiger partial charge >= 0.3 is 0 Å². The predicted molar refractivity (Wildman–Crippen MR) is 127 cm³/mol. The molecular formula is C27H26N2O4. The lowest BCUT2D eigenvalue weighted by Crippen LogP contribution is -2.29. The van der Waals surface area contributed by atoms with Gasteiger partial charge in [-0.2, -0.15) is 0 Å². The average Bonchev–Trinajstić information content (AvgIpc) is 3.05. The molecule has 0 saturated carbocycles. The molecule has 1 heterocycles. The molecule has 0 aromatic heterocycles. The van der Waals surface area contributed by atoms with Gasteiger partial charge < -0.3 is 9.64 Å². The molecule has 3 aromatic rings. The highest BCUT2D eigenvalue weighted by Gasteiger charge is 2.37. The highest BCUT2D eigenvalue weighted by atomic mass is 16.5. The highest BCUT2D eigenvalue weighted by molar-refractivity contribution is 6.34. The van der Waals surface area contributed by atoms with E-state index < -0.39 is 11.8 Å². The molecule has 0 saturated heterocycles. The molecule has 6 heteroatoms. The molecule has 3 aromatic carbocycles. The second kappa shape index (κ2) is 8.90. The van der Waals surface area contributed by atoms with Crippen LogP contribution in [0.3, 0.4) is 0 Å². The van der Waals surface area contributed by atoms with Gasteiger partial charge in [-0.25, -0.2) is 4.90 Å². The van der Waals surface area contributed by atoms with Gasteiger partial charge in [-0.1, -0.05) is 23.8 Å². The van der Waals surface area contributed by atoms with E-state index in [-0.39, 0.29) is 11.5 Å². The minimum atomic E-state index is -0.439. The standard InChI is InChI=1S/C27H26N2O4/c1-5-33-22-11-9-21(10-12-22)29-26(31)23-13-8-19(15-24(23)27(29)32)25(30)28(4)16-20-7-6-17(2)14-18(20)3/h6-15H,5,16H2,1-4H3. The van der Waals surface area contributed by atoms with E-state index in [2.05, 4.69) is 6.07 Å². The van der Waals surface area contributed by atoms with Gasteiger partial charge in [0.25, 0.3) is 17.7 Å². The zero-order chi connectivity index (χ0) is 23.7. The summed E-state index contributed by atoms with van der Waals surface area (Å²) in [5.74, 6) is -0.386. The van der Waals surface area contributed by atoms with Crippen LogP contribution >= 0.6 is 0 Å². The quantitative estimate of drug-likeness (QED) is 0.516. The summed E-state index contributed by atoms with van der Waals surface area (Å²) >= 11 is 0. The number of anilines is 1.